The molecule has 72 valence electrons. The summed E-state index contributed by atoms with van der Waals surface area (Å²) < 4.78 is 0.655. The molecule has 1 saturated heterocycles. The van der Waals surface area contributed by atoms with E-state index in [0.717, 1.165) is 12.5 Å². The van der Waals surface area contributed by atoms with Crippen LogP contribution in [0.15, 0.2) is 6.20 Å². The van der Waals surface area contributed by atoms with Crippen molar-refractivity contribution < 1.29 is 0 Å². The number of hydrogen-bond acceptors (Lipinski definition) is 3. The van der Waals surface area contributed by atoms with Gasteiger partial charge in [-0.15, -0.1) is 11.3 Å². The van der Waals surface area contributed by atoms with Crippen LogP contribution in [-0.4, -0.2) is 23.0 Å². The Morgan fingerprint density at radius 1 is 1.77 bits per heavy atom. The summed E-state index contributed by atoms with van der Waals surface area (Å²) in [4.78, 5) is 7.78. The van der Waals surface area contributed by atoms with Gasteiger partial charge in [0.1, 0.15) is 0 Å². The number of halogens is 1. The van der Waals surface area contributed by atoms with E-state index in [1.807, 2.05) is 6.20 Å². The third kappa shape index (κ3) is 2.42. The van der Waals surface area contributed by atoms with Crippen molar-refractivity contribution in [3.05, 3.63) is 15.5 Å². The molecule has 0 radical (unpaired) electrons. The smallest absolute Gasteiger partial charge is 0.183 e. The van der Waals surface area contributed by atoms with Crippen LogP contribution in [0.5, 0.6) is 0 Å². The van der Waals surface area contributed by atoms with Crippen LogP contribution in [0.25, 0.3) is 0 Å². The van der Waals surface area contributed by atoms with Gasteiger partial charge in [-0.3, -0.25) is 4.90 Å². The molecule has 0 spiro atoms. The fourth-order valence-electron chi connectivity index (χ4n) is 1.75. The van der Waals surface area contributed by atoms with E-state index in [2.05, 4.69) is 16.8 Å². The van der Waals surface area contributed by atoms with Crippen molar-refractivity contribution >= 4 is 22.9 Å². The summed E-state index contributed by atoms with van der Waals surface area (Å²) in [6.07, 6.45) is 3.21. The number of thiazole rings is 1. The van der Waals surface area contributed by atoms with Gasteiger partial charge in [0.25, 0.3) is 0 Å². The highest BCUT2D eigenvalue weighted by atomic mass is 35.5. The summed E-state index contributed by atoms with van der Waals surface area (Å²) in [7, 11) is 0. The zero-order valence-corrected chi connectivity index (χ0v) is 9.24. The molecular weight excluding hydrogens is 204 g/mol. The highest BCUT2D eigenvalue weighted by Crippen LogP contribution is 2.22. The number of rotatable bonds is 2. The average Bonchev–Trinajstić information content (AvgIpc) is 2.62. The van der Waals surface area contributed by atoms with Gasteiger partial charge in [0.05, 0.1) is 0 Å². The molecule has 0 amide bonds. The lowest BCUT2D eigenvalue weighted by Gasteiger charge is -2.12. The van der Waals surface area contributed by atoms with Crippen LogP contribution >= 0.6 is 22.9 Å². The van der Waals surface area contributed by atoms with Gasteiger partial charge in [-0.25, -0.2) is 4.98 Å². The van der Waals surface area contributed by atoms with Crippen LogP contribution in [0.3, 0.4) is 0 Å². The van der Waals surface area contributed by atoms with Gasteiger partial charge in [-0.2, -0.15) is 0 Å². The number of nitrogens with zero attached hydrogens (tertiary/aromatic N) is 2. The first-order chi connectivity index (χ1) is 6.24. The van der Waals surface area contributed by atoms with Gasteiger partial charge < -0.3 is 0 Å². The molecule has 0 aromatic carbocycles. The van der Waals surface area contributed by atoms with E-state index in [0.29, 0.717) is 4.47 Å². The molecule has 2 rings (SSSR count). The maximum Gasteiger partial charge on any atom is 0.183 e. The molecule has 4 heteroatoms. The molecule has 2 nitrogen and oxygen atoms in total. The number of hydrogen-bond donors (Lipinski definition) is 0. The van der Waals surface area contributed by atoms with Gasteiger partial charge in [0, 0.05) is 24.2 Å². The fourth-order valence-corrected chi connectivity index (χ4v) is 2.77. The maximum absolute atomic E-state index is 5.76. The van der Waals surface area contributed by atoms with Gasteiger partial charge in [-0.05, 0) is 18.9 Å². The predicted molar refractivity (Wildman–Crippen MR) is 56.2 cm³/mol. The van der Waals surface area contributed by atoms with Crippen LogP contribution in [0.2, 0.25) is 4.47 Å². The van der Waals surface area contributed by atoms with Crippen molar-refractivity contribution in [1.82, 2.24) is 9.88 Å². The van der Waals surface area contributed by atoms with E-state index in [9.17, 15) is 0 Å². The standard InChI is InChI=1S/C9H13ClN2S/c1-7-2-3-12(5-7)6-8-4-11-9(10)13-8/h4,7H,2-3,5-6H2,1H3. The molecule has 1 fully saturated rings. The van der Waals surface area contributed by atoms with Gasteiger partial charge in [-0.1, -0.05) is 18.5 Å². The van der Waals surface area contributed by atoms with E-state index in [1.54, 1.807) is 11.3 Å². The van der Waals surface area contributed by atoms with E-state index in [1.165, 1.54) is 24.4 Å². The quantitative estimate of drug-likeness (QED) is 0.756. The van der Waals surface area contributed by atoms with Gasteiger partial charge >= 0.3 is 0 Å². The van der Waals surface area contributed by atoms with Crippen molar-refractivity contribution in [1.29, 1.82) is 0 Å². The van der Waals surface area contributed by atoms with Crippen LogP contribution < -0.4 is 0 Å². The minimum Gasteiger partial charge on any atom is -0.298 e. The van der Waals surface area contributed by atoms with E-state index in [-0.39, 0.29) is 0 Å². The summed E-state index contributed by atoms with van der Waals surface area (Å²) >= 11 is 7.35. The first-order valence-corrected chi connectivity index (χ1v) is 5.76. The molecular formula is C9H13ClN2S. The molecule has 0 N–H and O–H groups in total. The lowest BCUT2D eigenvalue weighted by Crippen LogP contribution is -2.18. The predicted octanol–water partition coefficient (Wildman–Crippen LogP) is 2.64. The molecule has 1 unspecified atom stereocenters. The first-order valence-electron chi connectivity index (χ1n) is 4.56. The fraction of sp³-hybridized carbons (Fsp3) is 0.667. The molecule has 1 aromatic heterocycles. The summed E-state index contributed by atoms with van der Waals surface area (Å²) in [5.74, 6) is 0.850. The van der Waals surface area contributed by atoms with E-state index >= 15 is 0 Å². The summed E-state index contributed by atoms with van der Waals surface area (Å²) in [5.41, 5.74) is 0. The third-order valence-corrected chi connectivity index (χ3v) is 3.51. The molecule has 1 atom stereocenters. The van der Waals surface area contributed by atoms with Gasteiger partial charge in [0.2, 0.25) is 0 Å². The van der Waals surface area contributed by atoms with Crippen LogP contribution in [0.1, 0.15) is 18.2 Å². The SMILES string of the molecule is CC1CCN(Cc2cnc(Cl)s2)C1. The number of aromatic nitrogens is 1. The number of likely N-dealkylation sites (tertiary alicyclic amines) is 1. The molecule has 0 saturated carbocycles. The summed E-state index contributed by atoms with van der Waals surface area (Å²) in [6.45, 7) is 5.76. The first kappa shape index (κ1) is 9.44. The Hall–Kier alpha value is -0.120. The molecule has 1 aliphatic rings. The highest BCUT2D eigenvalue weighted by Gasteiger charge is 2.18. The van der Waals surface area contributed by atoms with Crippen molar-refractivity contribution in [3.63, 3.8) is 0 Å². The lowest BCUT2D eigenvalue weighted by molar-refractivity contribution is 0.323. The maximum atomic E-state index is 5.76. The van der Waals surface area contributed by atoms with Crippen molar-refractivity contribution in [2.24, 2.45) is 5.92 Å². The van der Waals surface area contributed by atoms with Crippen molar-refractivity contribution in [2.75, 3.05) is 13.1 Å². The molecule has 0 aliphatic carbocycles. The average molecular weight is 217 g/mol. The second kappa shape index (κ2) is 3.95. The lowest BCUT2D eigenvalue weighted by atomic mass is 10.2. The summed E-state index contributed by atoms with van der Waals surface area (Å²) in [6, 6.07) is 0. The monoisotopic (exact) mass is 216 g/mol. The topological polar surface area (TPSA) is 16.1 Å². The largest absolute Gasteiger partial charge is 0.298 e. The highest BCUT2D eigenvalue weighted by molar-refractivity contribution is 7.15. The van der Waals surface area contributed by atoms with Gasteiger partial charge in [0.15, 0.2) is 4.47 Å². The van der Waals surface area contributed by atoms with E-state index < -0.39 is 0 Å². The molecule has 1 aromatic rings. The second-order valence-corrected chi connectivity index (χ2v) is 5.41. The molecule has 0 bridgehead atoms. The van der Waals surface area contributed by atoms with Crippen molar-refractivity contribution in [3.8, 4) is 0 Å². The Kier molecular flexibility index (Phi) is 2.86. The summed E-state index contributed by atoms with van der Waals surface area (Å²) in [5, 5.41) is 0. The Bertz CT molecular complexity index is 287. The third-order valence-electron chi connectivity index (χ3n) is 2.41. The van der Waals surface area contributed by atoms with Crippen LogP contribution in [-0.2, 0) is 6.54 Å². The second-order valence-electron chi connectivity index (χ2n) is 3.71. The molecule has 1 aliphatic heterocycles. The Morgan fingerprint density at radius 3 is 3.15 bits per heavy atom. The minimum absolute atomic E-state index is 0.655. The minimum atomic E-state index is 0.655. The van der Waals surface area contributed by atoms with Crippen LogP contribution in [0.4, 0.5) is 0 Å². The Labute approximate surface area is 87.5 Å². The van der Waals surface area contributed by atoms with Crippen LogP contribution in [0, 0.1) is 5.92 Å². The zero-order valence-electron chi connectivity index (χ0n) is 7.66. The van der Waals surface area contributed by atoms with Crippen molar-refractivity contribution in [2.45, 2.75) is 19.9 Å². The molecule has 13 heavy (non-hydrogen) atoms. The van der Waals surface area contributed by atoms with E-state index in [4.69, 9.17) is 11.6 Å². The normalized spacial score (nSPS) is 24.0. The molecule has 2 heterocycles. The Morgan fingerprint density at radius 2 is 2.62 bits per heavy atom. The Balaban J connectivity index is 1.91. The zero-order chi connectivity index (χ0) is 9.26.